The number of anilines is 3. The Balaban J connectivity index is 1.81. The molecule has 178 valence electrons. The number of nitrogens with zero attached hydrogens (tertiary/aromatic N) is 3. The quantitative estimate of drug-likeness (QED) is 0.307. The van der Waals surface area contributed by atoms with Gasteiger partial charge in [0.2, 0.25) is 0 Å². The monoisotopic (exact) mass is 460 g/mol. The molecule has 0 spiro atoms. The number of aliphatic hydroxyl groups is 2. The summed E-state index contributed by atoms with van der Waals surface area (Å²) in [4.78, 5) is 11.4. The molecule has 0 amide bonds. The first-order chi connectivity index (χ1) is 16.5. The first kappa shape index (κ1) is 23.8. The summed E-state index contributed by atoms with van der Waals surface area (Å²) in [5.74, 6) is 0.575. The summed E-state index contributed by atoms with van der Waals surface area (Å²) in [5.41, 5.74) is 11.7. The highest BCUT2D eigenvalue weighted by Crippen LogP contribution is 2.36. The predicted molar refractivity (Wildman–Crippen MR) is 136 cm³/mol. The van der Waals surface area contributed by atoms with Crippen LogP contribution in [-0.2, 0) is 6.61 Å². The molecule has 34 heavy (non-hydrogen) atoms. The van der Waals surface area contributed by atoms with Crippen LogP contribution in [0.1, 0.15) is 49.2 Å². The van der Waals surface area contributed by atoms with Gasteiger partial charge in [0.05, 0.1) is 35.5 Å². The number of aliphatic hydroxyl groups excluding tert-OH is 2. The van der Waals surface area contributed by atoms with E-state index in [2.05, 4.69) is 22.1 Å². The van der Waals surface area contributed by atoms with Crippen LogP contribution in [0.25, 0.3) is 11.3 Å². The van der Waals surface area contributed by atoms with Gasteiger partial charge in [0.25, 0.3) is 0 Å². The predicted octanol–water partition coefficient (Wildman–Crippen LogP) is 3.75. The Labute approximate surface area is 200 Å². The number of rotatable bonds is 9. The van der Waals surface area contributed by atoms with Crippen LogP contribution in [0, 0.1) is 5.41 Å². The molecule has 8 heteroatoms. The molecular formula is C26H32N6O2. The van der Waals surface area contributed by atoms with E-state index < -0.39 is 6.10 Å². The molecule has 6 N–H and O–H groups in total. The molecular weight excluding hydrogens is 428 g/mol. The van der Waals surface area contributed by atoms with Crippen LogP contribution in [0.3, 0.4) is 0 Å². The van der Waals surface area contributed by atoms with E-state index in [0.717, 1.165) is 35.5 Å². The van der Waals surface area contributed by atoms with Gasteiger partial charge in [0.1, 0.15) is 5.82 Å². The average molecular weight is 461 g/mol. The van der Waals surface area contributed by atoms with Gasteiger partial charge in [0.15, 0.2) is 0 Å². The maximum absolute atomic E-state index is 10.1. The third kappa shape index (κ3) is 5.25. The Hall–Kier alpha value is -3.33. The maximum Gasteiger partial charge on any atom is 0.130 e. The second kappa shape index (κ2) is 10.7. The molecule has 1 aliphatic rings. The maximum atomic E-state index is 10.1. The van der Waals surface area contributed by atoms with E-state index in [9.17, 15) is 10.2 Å². The van der Waals surface area contributed by atoms with Crippen molar-refractivity contribution in [3.05, 3.63) is 65.5 Å². The fraction of sp³-hybridized carbons (Fsp3) is 0.346. The lowest BCUT2D eigenvalue weighted by molar-refractivity contribution is 0.198. The summed E-state index contributed by atoms with van der Waals surface area (Å²) in [7, 11) is 0. The molecule has 1 unspecified atom stereocenters. The van der Waals surface area contributed by atoms with E-state index in [1.54, 1.807) is 6.07 Å². The van der Waals surface area contributed by atoms with Gasteiger partial charge in [-0.25, -0.2) is 4.98 Å². The van der Waals surface area contributed by atoms with Gasteiger partial charge < -0.3 is 31.6 Å². The molecule has 0 bridgehead atoms. The Morgan fingerprint density at radius 1 is 1.24 bits per heavy atom. The number of nitrogens with one attached hydrogen (secondary N) is 2. The van der Waals surface area contributed by atoms with E-state index in [1.807, 2.05) is 42.5 Å². The van der Waals surface area contributed by atoms with Gasteiger partial charge in [-0.2, -0.15) is 0 Å². The lowest BCUT2D eigenvalue weighted by Gasteiger charge is -2.24. The SMILES string of the molecule is CCC[C@H](N)c1cccc(-c2cc(Nc3cccc(CO)n3)c(C=N)c(N3CCC(O)C3)c2)n1. The molecule has 8 nitrogen and oxygen atoms in total. The number of pyridine rings is 2. The minimum atomic E-state index is -0.393. The molecule has 2 atom stereocenters. The third-order valence-electron chi connectivity index (χ3n) is 6.08. The van der Waals surface area contributed by atoms with Crippen molar-refractivity contribution in [1.82, 2.24) is 9.97 Å². The molecule has 1 saturated heterocycles. The summed E-state index contributed by atoms with van der Waals surface area (Å²) in [5, 5.41) is 31.1. The van der Waals surface area contributed by atoms with Crippen LogP contribution in [0.2, 0.25) is 0 Å². The van der Waals surface area contributed by atoms with Crippen molar-refractivity contribution >= 4 is 23.4 Å². The van der Waals surface area contributed by atoms with Crippen molar-refractivity contribution in [3.63, 3.8) is 0 Å². The van der Waals surface area contributed by atoms with Crippen molar-refractivity contribution in [2.75, 3.05) is 23.3 Å². The average Bonchev–Trinajstić information content (AvgIpc) is 3.30. The van der Waals surface area contributed by atoms with Crippen molar-refractivity contribution < 1.29 is 10.2 Å². The topological polar surface area (TPSA) is 131 Å². The Morgan fingerprint density at radius 2 is 2.06 bits per heavy atom. The fourth-order valence-electron chi connectivity index (χ4n) is 4.32. The van der Waals surface area contributed by atoms with Crippen molar-refractivity contribution in [1.29, 1.82) is 5.41 Å². The Bertz CT molecular complexity index is 1150. The molecule has 0 radical (unpaired) electrons. The number of benzene rings is 1. The highest BCUT2D eigenvalue weighted by Gasteiger charge is 2.24. The van der Waals surface area contributed by atoms with E-state index in [0.29, 0.717) is 42.3 Å². The van der Waals surface area contributed by atoms with Crippen LogP contribution in [0.15, 0.2) is 48.5 Å². The Morgan fingerprint density at radius 3 is 2.76 bits per heavy atom. The summed E-state index contributed by atoms with van der Waals surface area (Å²) in [6.07, 6.45) is 3.46. The van der Waals surface area contributed by atoms with Crippen LogP contribution in [0.5, 0.6) is 0 Å². The number of hydrogen-bond donors (Lipinski definition) is 5. The lowest BCUT2D eigenvalue weighted by Crippen LogP contribution is -2.23. The van der Waals surface area contributed by atoms with Gasteiger partial charge in [0, 0.05) is 42.2 Å². The largest absolute Gasteiger partial charge is 0.391 e. The van der Waals surface area contributed by atoms with Gasteiger partial charge in [-0.15, -0.1) is 0 Å². The van der Waals surface area contributed by atoms with Gasteiger partial charge in [-0.3, -0.25) is 4.98 Å². The molecule has 0 saturated carbocycles. The molecule has 3 aromatic rings. The normalized spacial score (nSPS) is 16.5. The smallest absolute Gasteiger partial charge is 0.130 e. The zero-order valence-electron chi connectivity index (χ0n) is 19.4. The number of hydrogen-bond acceptors (Lipinski definition) is 8. The van der Waals surface area contributed by atoms with Gasteiger partial charge >= 0.3 is 0 Å². The minimum absolute atomic E-state index is 0.123. The summed E-state index contributed by atoms with van der Waals surface area (Å²) in [6.45, 7) is 3.17. The van der Waals surface area contributed by atoms with Crippen molar-refractivity contribution in [2.45, 2.75) is 44.9 Å². The van der Waals surface area contributed by atoms with E-state index in [1.165, 1.54) is 6.21 Å². The highest BCUT2D eigenvalue weighted by atomic mass is 16.3. The third-order valence-corrected chi connectivity index (χ3v) is 6.08. The highest BCUT2D eigenvalue weighted by molar-refractivity contribution is 5.97. The van der Waals surface area contributed by atoms with E-state index in [4.69, 9.17) is 16.1 Å². The molecule has 3 heterocycles. The zero-order chi connectivity index (χ0) is 24.1. The minimum Gasteiger partial charge on any atom is -0.391 e. The number of aromatic nitrogens is 2. The standard InChI is InChI=1S/C26H32N6O2/c1-2-5-21(28)23-8-4-7-22(30-23)17-12-24(31-26-9-3-6-18(16-33)29-26)20(14-27)25(13-17)32-11-10-19(34)15-32/h3-4,6-9,12-14,19,21,27,33-34H,2,5,10-11,15-16,28H2,1H3,(H,29,31)/t19?,21-/m0/s1. The van der Waals surface area contributed by atoms with Crippen LogP contribution < -0.4 is 16.0 Å². The van der Waals surface area contributed by atoms with Crippen LogP contribution >= 0.6 is 0 Å². The van der Waals surface area contributed by atoms with E-state index in [-0.39, 0.29) is 12.6 Å². The van der Waals surface area contributed by atoms with Crippen molar-refractivity contribution in [3.8, 4) is 11.3 Å². The molecule has 0 aliphatic carbocycles. The van der Waals surface area contributed by atoms with Gasteiger partial charge in [-0.1, -0.05) is 25.5 Å². The first-order valence-electron chi connectivity index (χ1n) is 11.7. The number of nitrogens with two attached hydrogens (primary N) is 1. The summed E-state index contributed by atoms with van der Waals surface area (Å²) < 4.78 is 0. The second-order valence-corrected chi connectivity index (χ2v) is 8.63. The zero-order valence-corrected chi connectivity index (χ0v) is 19.4. The van der Waals surface area contributed by atoms with Crippen LogP contribution in [0.4, 0.5) is 17.2 Å². The number of β-amino-alcohol motifs (C(OH)–C–C–N with tert-alkyl or cyclic N) is 1. The van der Waals surface area contributed by atoms with Crippen molar-refractivity contribution in [2.24, 2.45) is 5.73 Å². The first-order valence-corrected chi connectivity index (χ1v) is 11.7. The summed E-state index contributed by atoms with van der Waals surface area (Å²) >= 11 is 0. The van der Waals surface area contributed by atoms with Gasteiger partial charge in [-0.05, 0) is 49.2 Å². The summed E-state index contributed by atoms with van der Waals surface area (Å²) in [6, 6.07) is 15.1. The molecule has 2 aromatic heterocycles. The lowest BCUT2D eigenvalue weighted by atomic mass is 10.0. The van der Waals surface area contributed by atoms with E-state index >= 15 is 0 Å². The Kier molecular flexibility index (Phi) is 7.52. The fourth-order valence-corrected chi connectivity index (χ4v) is 4.32. The van der Waals surface area contributed by atoms with Crippen LogP contribution in [-0.4, -0.2) is 45.6 Å². The molecule has 1 fully saturated rings. The molecule has 4 rings (SSSR count). The molecule has 1 aliphatic heterocycles. The molecule has 1 aromatic carbocycles. The second-order valence-electron chi connectivity index (χ2n) is 8.63.